The Labute approximate surface area is 225 Å². The van der Waals surface area contributed by atoms with Crippen LogP contribution in [0.2, 0.25) is 0 Å². The fourth-order valence-corrected chi connectivity index (χ4v) is 3.75. The van der Waals surface area contributed by atoms with Crippen LogP contribution in [0.5, 0.6) is 0 Å². The van der Waals surface area contributed by atoms with Crippen LogP contribution in [0.15, 0.2) is 42.9 Å². The van der Waals surface area contributed by atoms with Gasteiger partial charge in [-0.1, -0.05) is 36.8 Å². The maximum Gasteiger partial charge on any atom is 0.326 e. The van der Waals surface area contributed by atoms with Gasteiger partial charge in [-0.25, -0.2) is 9.78 Å². The minimum atomic E-state index is -1.41. The van der Waals surface area contributed by atoms with Crippen molar-refractivity contribution in [3.63, 3.8) is 0 Å². The molecule has 0 saturated heterocycles. The molecule has 4 atom stereocenters. The predicted octanol–water partition coefficient (Wildman–Crippen LogP) is -1.93. The molecule has 2 aromatic rings. The number of primary amides is 1. The van der Waals surface area contributed by atoms with Crippen LogP contribution in [0.3, 0.4) is 0 Å². The summed E-state index contributed by atoms with van der Waals surface area (Å²) in [5, 5.41) is 17.0. The normalized spacial score (nSPS) is 13.9. The van der Waals surface area contributed by atoms with Crippen LogP contribution in [0.4, 0.5) is 0 Å². The second-order valence-corrected chi connectivity index (χ2v) is 9.05. The first-order valence-electron chi connectivity index (χ1n) is 12.5. The number of nitrogens with one attached hydrogen (secondary N) is 4. The summed E-state index contributed by atoms with van der Waals surface area (Å²) in [7, 11) is 0. The van der Waals surface area contributed by atoms with Crippen LogP contribution in [0, 0.1) is 0 Å². The second-order valence-electron chi connectivity index (χ2n) is 9.05. The second kappa shape index (κ2) is 15.8. The Bertz CT molecular complexity index is 1100. The number of benzene rings is 1. The number of nitrogens with two attached hydrogens (primary N) is 3. The van der Waals surface area contributed by atoms with Crippen molar-refractivity contribution in [1.29, 1.82) is 0 Å². The third-order valence-corrected chi connectivity index (χ3v) is 5.85. The van der Waals surface area contributed by atoms with E-state index >= 15 is 0 Å². The monoisotopic (exact) mass is 544 g/mol. The zero-order valence-corrected chi connectivity index (χ0v) is 21.5. The van der Waals surface area contributed by atoms with E-state index in [1.807, 2.05) is 0 Å². The van der Waals surface area contributed by atoms with Crippen molar-refractivity contribution >= 4 is 29.6 Å². The van der Waals surface area contributed by atoms with Crippen LogP contribution >= 0.6 is 0 Å². The summed E-state index contributed by atoms with van der Waals surface area (Å²) in [6.07, 6.45) is 3.78. The number of hydrogen-bond acceptors (Lipinski definition) is 8. The zero-order chi connectivity index (χ0) is 28.8. The molecular weight excluding hydrogens is 508 g/mol. The van der Waals surface area contributed by atoms with Gasteiger partial charge in [0.1, 0.15) is 18.1 Å². The third kappa shape index (κ3) is 10.9. The number of amides is 4. The number of imidazole rings is 1. The molecule has 39 heavy (non-hydrogen) atoms. The molecule has 0 spiro atoms. The number of unbranched alkanes of at least 4 members (excludes halogenated alkanes) is 1. The van der Waals surface area contributed by atoms with Gasteiger partial charge in [0.15, 0.2) is 0 Å². The zero-order valence-electron chi connectivity index (χ0n) is 21.5. The van der Waals surface area contributed by atoms with Crippen molar-refractivity contribution in [2.75, 3.05) is 6.54 Å². The molecule has 1 heterocycles. The third-order valence-electron chi connectivity index (χ3n) is 5.85. The largest absolute Gasteiger partial charge is 0.480 e. The number of carbonyl (C=O) groups is 5. The maximum absolute atomic E-state index is 13.2. The molecule has 0 bridgehead atoms. The molecule has 2 rings (SSSR count). The Balaban J connectivity index is 2.17. The molecule has 4 unspecified atom stereocenters. The van der Waals surface area contributed by atoms with Gasteiger partial charge < -0.3 is 43.2 Å². The van der Waals surface area contributed by atoms with Crippen molar-refractivity contribution in [3.05, 3.63) is 54.1 Å². The Morgan fingerprint density at radius 3 is 2.13 bits per heavy atom. The van der Waals surface area contributed by atoms with E-state index in [2.05, 4.69) is 25.9 Å². The molecule has 0 saturated carbocycles. The number of nitrogens with zero attached hydrogens (tertiary/aromatic N) is 1. The number of hydrogen-bond donors (Lipinski definition) is 8. The molecule has 0 aliphatic carbocycles. The number of H-pyrrole nitrogens is 1. The van der Waals surface area contributed by atoms with Gasteiger partial charge in [0.05, 0.1) is 18.8 Å². The van der Waals surface area contributed by atoms with Gasteiger partial charge in [-0.15, -0.1) is 0 Å². The minimum absolute atomic E-state index is 0.00897. The van der Waals surface area contributed by atoms with Crippen molar-refractivity contribution in [2.24, 2.45) is 17.2 Å². The number of aromatic nitrogens is 2. The molecule has 14 heteroatoms. The van der Waals surface area contributed by atoms with E-state index in [1.54, 1.807) is 30.3 Å². The lowest BCUT2D eigenvalue weighted by Crippen LogP contribution is -2.58. The topological polar surface area (TPSA) is 248 Å². The number of rotatable bonds is 17. The van der Waals surface area contributed by atoms with Gasteiger partial charge in [-0.3, -0.25) is 19.2 Å². The fourth-order valence-electron chi connectivity index (χ4n) is 3.75. The van der Waals surface area contributed by atoms with Crippen LogP contribution in [-0.4, -0.2) is 75.4 Å². The first-order chi connectivity index (χ1) is 18.6. The van der Waals surface area contributed by atoms with Crippen molar-refractivity contribution < 1.29 is 29.1 Å². The van der Waals surface area contributed by atoms with Gasteiger partial charge in [0.25, 0.3) is 0 Å². The standard InChI is InChI=1S/C25H36N8O6/c26-9-5-4-8-17(27)22(35)31-19(12-21(28)34)24(37)32-18(11-16-13-29-14-30-16)23(36)33-20(25(38)39)10-15-6-2-1-3-7-15/h1-3,6-7,13-14,17-20H,4-5,8-12,26-27H2,(H2,28,34)(H,29,30)(H,31,35)(H,32,37)(H,33,36)(H,38,39). The van der Waals surface area contributed by atoms with E-state index in [9.17, 15) is 29.1 Å². The highest BCUT2D eigenvalue weighted by molar-refractivity contribution is 5.96. The highest BCUT2D eigenvalue weighted by Crippen LogP contribution is 2.07. The number of aromatic amines is 1. The average Bonchev–Trinajstić information content (AvgIpc) is 3.41. The van der Waals surface area contributed by atoms with Gasteiger partial charge in [0.2, 0.25) is 23.6 Å². The number of aliphatic carboxylic acids is 1. The molecule has 212 valence electrons. The molecule has 4 amide bonds. The Kier molecular flexibility index (Phi) is 12.6. The molecular formula is C25H36N8O6. The van der Waals surface area contributed by atoms with Crippen LogP contribution < -0.4 is 33.2 Å². The van der Waals surface area contributed by atoms with Gasteiger partial charge in [-0.05, 0) is 24.9 Å². The minimum Gasteiger partial charge on any atom is -0.480 e. The lowest BCUT2D eigenvalue weighted by molar-refractivity contribution is -0.142. The van der Waals surface area contributed by atoms with Crippen molar-refractivity contribution in [3.8, 4) is 0 Å². The summed E-state index contributed by atoms with van der Waals surface area (Å²) in [4.78, 5) is 69.1. The predicted molar refractivity (Wildman–Crippen MR) is 141 cm³/mol. The van der Waals surface area contributed by atoms with Crippen LogP contribution in [0.25, 0.3) is 0 Å². The molecule has 14 nitrogen and oxygen atoms in total. The van der Waals surface area contributed by atoms with E-state index in [0.717, 1.165) is 0 Å². The summed E-state index contributed by atoms with van der Waals surface area (Å²) < 4.78 is 0. The summed E-state index contributed by atoms with van der Waals surface area (Å²) >= 11 is 0. The molecule has 0 fully saturated rings. The molecule has 1 aromatic heterocycles. The van der Waals surface area contributed by atoms with E-state index in [0.29, 0.717) is 37.1 Å². The van der Waals surface area contributed by atoms with E-state index in [4.69, 9.17) is 17.2 Å². The fraction of sp³-hybridized carbons (Fsp3) is 0.440. The molecule has 1 aromatic carbocycles. The maximum atomic E-state index is 13.2. The molecule has 0 radical (unpaired) electrons. The Morgan fingerprint density at radius 1 is 0.897 bits per heavy atom. The molecule has 0 aliphatic heterocycles. The summed E-state index contributed by atoms with van der Waals surface area (Å²) in [5.74, 6) is -4.46. The summed E-state index contributed by atoms with van der Waals surface area (Å²) in [6, 6.07) is 3.80. The number of carboxylic acid groups (broad SMARTS) is 1. The van der Waals surface area contributed by atoms with Crippen molar-refractivity contribution in [2.45, 2.75) is 62.7 Å². The number of carboxylic acids is 1. The number of carbonyl (C=O) groups excluding carboxylic acids is 4. The lowest BCUT2D eigenvalue weighted by atomic mass is 10.0. The SMILES string of the molecule is NCCCCC(N)C(=O)NC(CC(N)=O)C(=O)NC(Cc1cnc[nH]1)C(=O)NC(Cc1ccccc1)C(=O)O. The van der Waals surface area contributed by atoms with Crippen LogP contribution in [-0.2, 0) is 36.8 Å². The Morgan fingerprint density at radius 2 is 1.54 bits per heavy atom. The highest BCUT2D eigenvalue weighted by atomic mass is 16.4. The van der Waals surface area contributed by atoms with Gasteiger partial charge in [0, 0.05) is 24.7 Å². The lowest BCUT2D eigenvalue weighted by Gasteiger charge is -2.24. The summed E-state index contributed by atoms with van der Waals surface area (Å²) in [5.41, 5.74) is 17.8. The van der Waals surface area contributed by atoms with Crippen molar-refractivity contribution in [1.82, 2.24) is 25.9 Å². The first kappa shape index (κ1) is 30.9. The summed E-state index contributed by atoms with van der Waals surface area (Å²) in [6.45, 7) is 0.439. The Hall–Kier alpha value is -4.30. The van der Waals surface area contributed by atoms with Gasteiger partial charge >= 0.3 is 5.97 Å². The quantitative estimate of drug-likeness (QED) is 0.103. The first-order valence-corrected chi connectivity index (χ1v) is 12.5. The van der Waals surface area contributed by atoms with Crippen LogP contribution in [0.1, 0.15) is 36.9 Å². The van der Waals surface area contributed by atoms with Gasteiger partial charge in [-0.2, -0.15) is 0 Å². The average molecular weight is 545 g/mol. The smallest absolute Gasteiger partial charge is 0.326 e. The highest BCUT2D eigenvalue weighted by Gasteiger charge is 2.31. The van der Waals surface area contributed by atoms with E-state index < -0.39 is 60.2 Å². The molecule has 0 aliphatic rings. The van der Waals surface area contributed by atoms with E-state index in [-0.39, 0.29) is 12.8 Å². The van der Waals surface area contributed by atoms with E-state index in [1.165, 1.54) is 12.5 Å². The molecule has 11 N–H and O–H groups in total.